The third kappa shape index (κ3) is 7.25. The predicted molar refractivity (Wildman–Crippen MR) is 111 cm³/mol. The van der Waals surface area contributed by atoms with Crippen molar-refractivity contribution in [2.45, 2.75) is 20.4 Å². The maximum atomic E-state index is 5.78. The number of aryl methyl sites for hydroxylation is 1. The van der Waals surface area contributed by atoms with Crippen molar-refractivity contribution in [1.82, 2.24) is 15.2 Å². The van der Waals surface area contributed by atoms with E-state index in [2.05, 4.69) is 40.1 Å². The average Bonchev–Trinajstić information content (AvgIpc) is 3.06. The lowest BCUT2D eigenvalue weighted by molar-refractivity contribution is 0.320. The molecular formula is C18H27IN4O. The Bertz CT molecular complexity index is 599. The molecule has 0 saturated heterocycles. The summed E-state index contributed by atoms with van der Waals surface area (Å²) in [7, 11) is 0. The Morgan fingerprint density at radius 3 is 2.58 bits per heavy atom. The number of ether oxygens (including phenoxy) is 1. The fraction of sp³-hybridized carbons (Fsp3) is 0.389. The van der Waals surface area contributed by atoms with Gasteiger partial charge in [0, 0.05) is 25.5 Å². The summed E-state index contributed by atoms with van der Waals surface area (Å²) in [6.07, 6.45) is 4.10. The summed E-state index contributed by atoms with van der Waals surface area (Å²) in [5.74, 6) is 1.76. The molecule has 2 rings (SSSR count). The summed E-state index contributed by atoms with van der Waals surface area (Å²) in [6, 6.07) is 12.1. The monoisotopic (exact) mass is 442 g/mol. The van der Waals surface area contributed by atoms with Gasteiger partial charge in [-0.15, -0.1) is 24.0 Å². The van der Waals surface area contributed by atoms with Gasteiger partial charge in [-0.25, -0.2) is 0 Å². The molecule has 24 heavy (non-hydrogen) atoms. The van der Waals surface area contributed by atoms with Gasteiger partial charge in [-0.05, 0) is 37.6 Å². The number of halogens is 1. The van der Waals surface area contributed by atoms with Crippen molar-refractivity contribution in [1.29, 1.82) is 0 Å². The number of rotatable bonds is 8. The summed E-state index contributed by atoms with van der Waals surface area (Å²) >= 11 is 0. The van der Waals surface area contributed by atoms with E-state index >= 15 is 0 Å². The summed E-state index contributed by atoms with van der Waals surface area (Å²) < 4.78 is 7.90. The van der Waals surface area contributed by atoms with Crippen LogP contribution in [0.15, 0.2) is 53.8 Å². The fourth-order valence-corrected chi connectivity index (χ4v) is 2.19. The summed E-state index contributed by atoms with van der Waals surface area (Å²) in [5, 5.41) is 6.54. The minimum absolute atomic E-state index is 0. The maximum Gasteiger partial charge on any atom is 0.191 e. The molecule has 0 aliphatic heterocycles. The topological polar surface area (TPSA) is 50.6 Å². The van der Waals surface area contributed by atoms with E-state index in [0.29, 0.717) is 13.2 Å². The number of para-hydroxylation sites is 1. The number of hydrogen-bond acceptors (Lipinski definition) is 2. The van der Waals surface area contributed by atoms with Gasteiger partial charge in [-0.3, -0.25) is 4.99 Å². The van der Waals surface area contributed by atoms with Gasteiger partial charge in [0.25, 0.3) is 0 Å². The van der Waals surface area contributed by atoms with E-state index in [1.165, 1.54) is 0 Å². The van der Waals surface area contributed by atoms with Crippen LogP contribution >= 0.6 is 24.0 Å². The van der Waals surface area contributed by atoms with Crippen molar-refractivity contribution in [3.8, 4) is 5.75 Å². The van der Waals surface area contributed by atoms with Crippen LogP contribution < -0.4 is 15.4 Å². The lowest BCUT2D eigenvalue weighted by Crippen LogP contribution is -2.39. The highest BCUT2D eigenvalue weighted by Gasteiger charge is 1.99. The average molecular weight is 442 g/mol. The molecule has 0 fully saturated rings. The third-order valence-electron chi connectivity index (χ3n) is 3.38. The molecule has 2 aromatic rings. The summed E-state index contributed by atoms with van der Waals surface area (Å²) in [4.78, 5) is 4.57. The van der Waals surface area contributed by atoms with Gasteiger partial charge in [-0.2, -0.15) is 0 Å². The van der Waals surface area contributed by atoms with E-state index in [1.807, 2.05) is 42.7 Å². The van der Waals surface area contributed by atoms with Crippen LogP contribution in [0.4, 0.5) is 0 Å². The van der Waals surface area contributed by atoms with Crippen LogP contribution in [0, 0.1) is 6.92 Å². The Balaban J connectivity index is 0.00000288. The lowest BCUT2D eigenvalue weighted by Gasteiger charge is -2.13. The van der Waals surface area contributed by atoms with Gasteiger partial charge in [0.1, 0.15) is 12.4 Å². The van der Waals surface area contributed by atoms with Crippen molar-refractivity contribution in [3.05, 3.63) is 54.4 Å². The van der Waals surface area contributed by atoms with Gasteiger partial charge in [0.15, 0.2) is 5.96 Å². The van der Waals surface area contributed by atoms with Crippen molar-refractivity contribution in [2.24, 2.45) is 4.99 Å². The second-order valence-corrected chi connectivity index (χ2v) is 5.22. The molecule has 0 bridgehead atoms. The standard InChI is InChI=1S/C18H26N4O.HI/c1-3-19-18(20-10-14-22-12-6-7-13-22)21-11-15-23-17-9-5-4-8-16(17)2;/h4-9,12-13H,3,10-11,14-15H2,1-2H3,(H2,19,20,21);1H. The first-order valence-corrected chi connectivity index (χ1v) is 8.11. The van der Waals surface area contributed by atoms with E-state index < -0.39 is 0 Å². The number of hydrogen-bond donors (Lipinski definition) is 2. The SMILES string of the molecule is CCNC(=NCCn1cccc1)NCCOc1ccccc1C.I. The van der Waals surface area contributed by atoms with Gasteiger partial charge in [0.2, 0.25) is 0 Å². The number of aromatic nitrogens is 1. The second kappa shape index (κ2) is 11.8. The van der Waals surface area contributed by atoms with Gasteiger partial charge >= 0.3 is 0 Å². The molecule has 0 amide bonds. The maximum absolute atomic E-state index is 5.78. The van der Waals surface area contributed by atoms with Crippen molar-refractivity contribution >= 4 is 29.9 Å². The van der Waals surface area contributed by atoms with Crippen molar-refractivity contribution < 1.29 is 4.74 Å². The smallest absolute Gasteiger partial charge is 0.191 e. The van der Waals surface area contributed by atoms with E-state index in [1.54, 1.807) is 0 Å². The Hall–Kier alpha value is -1.70. The zero-order valence-corrected chi connectivity index (χ0v) is 16.7. The number of guanidine groups is 1. The highest BCUT2D eigenvalue weighted by Crippen LogP contribution is 2.15. The van der Waals surface area contributed by atoms with E-state index in [0.717, 1.165) is 36.9 Å². The molecule has 0 aliphatic rings. The van der Waals surface area contributed by atoms with Crippen molar-refractivity contribution in [3.63, 3.8) is 0 Å². The van der Waals surface area contributed by atoms with Gasteiger partial charge in [0.05, 0.1) is 13.1 Å². The van der Waals surface area contributed by atoms with Crippen LogP contribution in [0.1, 0.15) is 12.5 Å². The number of nitrogens with one attached hydrogen (secondary N) is 2. The molecular weight excluding hydrogens is 415 g/mol. The largest absolute Gasteiger partial charge is 0.491 e. The van der Waals surface area contributed by atoms with E-state index in [4.69, 9.17) is 4.74 Å². The first kappa shape index (κ1) is 20.3. The number of aliphatic imine (C=N–C) groups is 1. The van der Waals surface area contributed by atoms with Gasteiger partial charge in [-0.1, -0.05) is 18.2 Å². The first-order chi connectivity index (χ1) is 11.3. The second-order valence-electron chi connectivity index (χ2n) is 5.22. The van der Waals surface area contributed by atoms with Crippen LogP contribution in [0.5, 0.6) is 5.75 Å². The Morgan fingerprint density at radius 1 is 1.12 bits per heavy atom. The quantitative estimate of drug-likeness (QED) is 0.286. The van der Waals surface area contributed by atoms with E-state index in [-0.39, 0.29) is 24.0 Å². The fourth-order valence-electron chi connectivity index (χ4n) is 2.19. The molecule has 2 N–H and O–H groups in total. The Morgan fingerprint density at radius 2 is 1.88 bits per heavy atom. The summed E-state index contributed by atoms with van der Waals surface area (Å²) in [5.41, 5.74) is 1.15. The van der Waals surface area contributed by atoms with E-state index in [9.17, 15) is 0 Å². The molecule has 0 radical (unpaired) electrons. The highest BCUT2D eigenvalue weighted by atomic mass is 127. The minimum atomic E-state index is 0. The lowest BCUT2D eigenvalue weighted by atomic mass is 10.2. The van der Waals surface area contributed by atoms with Crippen LogP contribution in [0.25, 0.3) is 0 Å². The normalized spacial score (nSPS) is 10.8. The molecule has 6 heteroatoms. The third-order valence-corrected chi connectivity index (χ3v) is 3.38. The highest BCUT2D eigenvalue weighted by molar-refractivity contribution is 14.0. The zero-order valence-electron chi connectivity index (χ0n) is 14.4. The Kier molecular flexibility index (Phi) is 9.98. The van der Waals surface area contributed by atoms with Gasteiger partial charge < -0.3 is 19.9 Å². The molecule has 0 spiro atoms. The first-order valence-electron chi connectivity index (χ1n) is 8.11. The molecule has 0 unspecified atom stereocenters. The molecule has 5 nitrogen and oxygen atoms in total. The molecule has 0 atom stereocenters. The number of benzene rings is 1. The minimum Gasteiger partial charge on any atom is -0.491 e. The number of nitrogens with zero attached hydrogens (tertiary/aromatic N) is 2. The molecule has 1 aromatic carbocycles. The van der Waals surface area contributed by atoms with Crippen LogP contribution in [-0.2, 0) is 6.54 Å². The van der Waals surface area contributed by atoms with Crippen LogP contribution in [0.2, 0.25) is 0 Å². The Labute approximate surface area is 161 Å². The molecule has 1 heterocycles. The molecule has 0 saturated carbocycles. The molecule has 1 aromatic heterocycles. The van der Waals surface area contributed by atoms with Crippen LogP contribution in [0.3, 0.4) is 0 Å². The molecule has 0 aliphatic carbocycles. The zero-order chi connectivity index (χ0) is 16.3. The summed E-state index contributed by atoms with van der Waals surface area (Å²) in [6.45, 7) is 7.89. The predicted octanol–water partition coefficient (Wildman–Crippen LogP) is 3.05. The van der Waals surface area contributed by atoms with Crippen LogP contribution in [-0.4, -0.2) is 36.8 Å². The molecule has 132 valence electrons. The van der Waals surface area contributed by atoms with Crippen molar-refractivity contribution in [2.75, 3.05) is 26.2 Å².